The Morgan fingerprint density at radius 3 is 2.35 bits per heavy atom. The summed E-state index contributed by atoms with van der Waals surface area (Å²) in [4.78, 5) is 27.5. The van der Waals surface area contributed by atoms with E-state index < -0.39 is 17.7 Å². The Hall–Kier alpha value is -2.80. The second-order valence-electron chi connectivity index (χ2n) is 7.32. The van der Waals surface area contributed by atoms with Crippen molar-refractivity contribution < 1.29 is 24.2 Å². The van der Waals surface area contributed by atoms with Crippen molar-refractivity contribution in [2.24, 2.45) is 0 Å². The molecular weight excluding hydrogens is 462 g/mol. The van der Waals surface area contributed by atoms with Crippen molar-refractivity contribution in [2.45, 2.75) is 32.2 Å². The molecule has 2 aromatic carbocycles. The van der Waals surface area contributed by atoms with Crippen LogP contribution in [0.2, 0.25) is 0 Å². The fourth-order valence-corrected chi connectivity index (χ4v) is 4.29. The summed E-state index contributed by atoms with van der Waals surface area (Å²) in [6, 6.07) is 11.6. The smallest absolute Gasteiger partial charge is 0.295 e. The van der Waals surface area contributed by atoms with Crippen molar-refractivity contribution in [2.75, 3.05) is 20.8 Å². The molecule has 6 nitrogen and oxygen atoms in total. The molecule has 1 unspecified atom stereocenters. The minimum atomic E-state index is -0.679. The predicted octanol–water partition coefficient (Wildman–Crippen LogP) is 5.08. The Balaban J connectivity index is 2.11. The van der Waals surface area contributed by atoms with Gasteiger partial charge >= 0.3 is 0 Å². The van der Waals surface area contributed by atoms with Crippen molar-refractivity contribution in [1.29, 1.82) is 0 Å². The number of benzene rings is 2. The number of carbonyl (C=O) groups is 2. The van der Waals surface area contributed by atoms with Crippen LogP contribution in [0.5, 0.6) is 11.5 Å². The number of ether oxygens (including phenoxy) is 2. The molecule has 2 aromatic rings. The highest BCUT2D eigenvalue weighted by Gasteiger charge is 2.45. The number of aliphatic hydroxyl groups excluding tert-OH is 1. The molecule has 1 heterocycles. The van der Waals surface area contributed by atoms with Crippen LogP contribution in [0.4, 0.5) is 0 Å². The largest absolute Gasteiger partial charge is 0.507 e. The van der Waals surface area contributed by atoms with Gasteiger partial charge in [-0.15, -0.1) is 0 Å². The fraction of sp³-hybridized carbons (Fsp3) is 0.333. The topological polar surface area (TPSA) is 76.1 Å². The van der Waals surface area contributed by atoms with Crippen LogP contribution >= 0.6 is 15.9 Å². The van der Waals surface area contributed by atoms with Gasteiger partial charge in [0.2, 0.25) is 0 Å². The molecule has 1 N–H and O–H groups in total. The third-order valence-corrected chi connectivity index (χ3v) is 6.02. The fourth-order valence-electron chi connectivity index (χ4n) is 3.74. The van der Waals surface area contributed by atoms with E-state index >= 15 is 0 Å². The van der Waals surface area contributed by atoms with Gasteiger partial charge in [-0.05, 0) is 58.2 Å². The number of Topliss-reactive ketones (excluding diaryl/α,β-unsaturated/α-hetero) is 1. The van der Waals surface area contributed by atoms with Crippen LogP contribution < -0.4 is 9.47 Å². The van der Waals surface area contributed by atoms with Crippen molar-refractivity contribution >= 4 is 33.4 Å². The summed E-state index contributed by atoms with van der Waals surface area (Å²) < 4.78 is 11.1. The Morgan fingerprint density at radius 1 is 1.06 bits per heavy atom. The molecule has 1 amide bonds. The number of ketones is 1. The lowest BCUT2D eigenvalue weighted by atomic mass is 9.95. The third kappa shape index (κ3) is 4.61. The Morgan fingerprint density at radius 2 is 1.77 bits per heavy atom. The van der Waals surface area contributed by atoms with Gasteiger partial charge in [0.25, 0.3) is 11.7 Å². The number of aliphatic hydroxyl groups is 1. The number of hydrogen-bond donors (Lipinski definition) is 1. The first-order valence-electron chi connectivity index (χ1n) is 10.2. The Kier molecular flexibility index (Phi) is 7.38. The minimum absolute atomic E-state index is 0.0868. The average molecular weight is 488 g/mol. The number of likely N-dealkylation sites (tertiary alicyclic amines) is 1. The van der Waals surface area contributed by atoms with Crippen molar-refractivity contribution in [3.8, 4) is 11.5 Å². The van der Waals surface area contributed by atoms with E-state index in [-0.39, 0.29) is 11.3 Å². The first-order chi connectivity index (χ1) is 14.9. The zero-order valence-corrected chi connectivity index (χ0v) is 19.4. The van der Waals surface area contributed by atoms with Gasteiger partial charge in [0.1, 0.15) is 17.3 Å². The molecule has 1 aliphatic heterocycles. The maximum Gasteiger partial charge on any atom is 0.295 e. The maximum absolute atomic E-state index is 13.0. The number of rotatable bonds is 8. The summed E-state index contributed by atoms with van der Waals surface area (Å²) in [7, 11) is 3.12. The lowest BCUT2D eigenvalue weighted by Gasteiger charge is -2.25. The molecule has 0 spiro atoms. The van der Waals surface area contributed by atoms with Crippen molar-refractivity contribution in [3.05, 3.63) is 63.6 Å². The first-order valence-corrected chi connectivity index (χ1v) is 11.0. The zero-order chi connectivity index (χ0) is 22.5. The maximum atomic E-state index is 13.0. The van der Waals surface area contributed by atoms with Crippen LogP contribution in [0, 0.1) is 0 Å². The highest BCUT2D eigenvalue weighted by Crippen LogP contribution is 2.40. The quantitative estimate of drug-likeness (QED) is 0.243. The van der Waals surface area contributed by atoms with E-state index in [9.17, 15) is 14.7 Å². The van der Waals surface area contributed by atoms with E-state index in [4.69, 9.17) is 9.47 Å². The average Bonchev–Trinajstić information content (AvgIpc) is 3.03. The number of methoxy groups -OCH3 is 2. The number of halogens is 1. The normalized spacial score (nSPS) is 17.8. The molecule has 164 valence electrons. The lowest BCUT2D eigenvalue weighted by Crippen LogP contribution is -2.30. The molecule has 0 aliphatic carbocycles. The summed E-state index contributed by atoms with van der Waals surface area (Å²) in [5.41, 5.74) is 1.26. The zero-order valence-electron chi connectivity index (χ0n) is 17.9. The van der Waals surface area contributed by atoms with Gasteiger partial charge in [0.05, 0.1) is 30.3 Å². The molecule has 7 heteroatoms. The van der Waals surface area contributed by atoms with Gasteiger partial charge < -0.3 is 19.5 Å². The van der Waals surface area contributed by atoms with Gasteiger partial charge in [-0.3, -0.25) is 9.59 Å². The molecular formula is C24H26BrNO5. The van der Waals surface area contributed by atoms with Crippen LogP contribution in [-0.4, -0.2) is 42.5 Å². The molecule has 0 bridgehead atoms. The predicted molar refractivity (Wildman–Crippen MR) is 122 cm³/mol. The number of amides is 1. The molecule has 3 rings (SSSR count). The van der Waals surface area contributed by atoms with Crippen molar-refractivity contribution in [3.63, 3.8) is 0 Å². The van der Waals surface area contributed by atoms with Gasteiger partial charge in [-0.2, -0.15) is 0 Å². The highest BCUT2D eigenvalue weighted by atomic mass is 79.9. The minimum Gasteiger partial charge on any atom is -0.507 e. The van der Waals surface area contributed by atoms with Crippen LogP contribution in [0.25, 0.3) is 5.76 Å². The number of hydrogen-bond acceptors (Lipinski definition) is 5. The van der Waals surface area contributed by atoms with Crippen LogP contribution in [-0.2, 0) is 9.59 Å². The van der Waals surface area contributed by atoms with E-state index in [1.807, 2.05) is 12.1 Å². The molecule has 1 atom stereocenters. The summed E-state index contributed by atoms with van der Waals surface area (Å²) in [5, 5.41) is 11.1. The van der Waals surface area contributed by atoms with Gasteiger partial charge in [-0.25, -0.2) is 0 Å². The van der Waals surface area contributed by atoms with E-state index in [1.165, 1.54) is 0 Å². The molecule has 0 radical (unpaired) electrons. The standard InChI is InChI=1S/C24H26BrNO5/c1-4-5-6-13-26-21(15-7-10-17(30-2)11-8-15)20(23(28)24(26)29)22(27)16-9-12-19(31-3)18(25)14-16/h7-12,14,21,27H,4-6,13H2,1-3H3/b22-20-. The number of unbranched alkanes of at least 4 members (excludes halogenated alkanes) is 2. The van der Waals surface area contributed by atoms with E-state index in [0.717, 1.165) is 24.8 Å². The molecule has 1 aliphatic rings. The van der Waals surface area contributed by atoms with Gasteiger partial charge in [0.15, 0.2) is 0 Å². The summed E-state index contributed by atoms with van der Waals surface area (Å²) in [6.07, 6.45) is 2.73. The summed E-state index contributed by atoms with van der Waals surface area (Å²) >= 11 is 3.41. The molecule has 1 fully saturated rings. The Bertz CT molecular complexity index is 1000. The molecule has 0 aromatic heterocycles. The molecule has 31 heavy (non-hydrogen) atoms. The number of nitrogens with zero attached hydrogens (tertiary/aromatic N) is 1. The first kappa shape index (κ1) is 22.9. The van der Waals surface area contributed by atoms with E-state index in [0.29, 0.717) is 28.1 Å². The second-order valence-corrected chi connectivity index (χ2v) is 8.18. The summed E-state index contributed by atoms with van der Waals surface area (Å²) in [5.74, 6) is -0.206. The molecule has 1 saturated heterocycles. The van der Waals surface area contributed by atoms with Crippen LogP contribution in [0.3, 0.4) is 0 Å². The lowest BCUT2D eigenvalue weighted by molar-refractivity contribution is -0.139. The van der Waals surface area contributed by atoms with Crippen LogP contribution in [0.15, 0.2) is 52.5 Å². The molecule has 0 saturated carbocycles. The second kappa shape index (κ2) is 10.0. The number of carbonyl (C=O) groups excluding carboxylic acids is 2. The highest BCUT2D eigenvalue weighted by molar-refractivity contribution is 9.10. The van der Waals surface area contributed by atoms with E-state index in [2.05, 4.69) is 22.9 Å². The van der Waals surface area contributed by atoms with Gasteiger partial charge in [0, 0.05) is 12.1 Å². The monoisotopic (exact) mass is 487 g/mol. The Labute approximate surface area is 190 Å². The summed E-state index contributed by atoms with van der Waals surface area (Å²) in [6.45, 7) is 2.52. The van der Waals surface area contributed by atoms with E-state index in [1.54, 1.807) is 49.5 Å². The van der Waals surface area contributed by atoms with Gasteiger partial charge in [-0.1, -0.05) is 31.9 Å². The van der Waals surface area contributed by atoms with Crippen molar-refractivity contribution in [1.82, 2.24) is 4.90 Å². The third-order valence-electron chi connectivity index (χ3n) is 5.40. The SMILES string of the molecule is CCCCCN1C(=O)C(=O)/C(=C(\O)c2ccc(OC)c(Br)c2)C1c1ccc(OC)cc1. The van der Waals surface area contributed by atoms with Crippen LogP contribution in [0.1, 0.15) is 43.4 Å².